The second-order valence-electron chi connectivity index (χ2n) is 5.82. The Morgan fingerprint density at radius 1 is 1.31 bits per heavy atom. The predicted molar refractivity (Wildman–Crippen MR) is 66.2 cm³/mol. The number of nitrogens with one attached hydrogen (secondary N) is 1. The van der Waals surface area contributed by atoms with E-state index in [-0.39, 0.29) is 11.5 Å². The Hall–Kier alpha value is -0.860. The Morgan fingerprint density at radius 2 is 1.94 bits per heavy atom. The quantitative estimate of drug-likeness (QED) is 0.800. The standard InChI is InChI=1S/C14H21NO/c1-13(2)9-12(15-10-13)14(3,16)11-7-5-4-6-8-11/h4-8,12,15-16H,9-10H2,1-3H3/t12-,14+/m0/s1. The molecule has 1 aliphatic rings. The van der Waals surface area contributed by atoms with Gasteiger partial charge in [-0.1, -0.05) is 44.2 Å². The molecule has 0 saturated carbocycles. The van der Waals surface area contributed by atoms with Crippen molar-refractivity contribution in [3.63, 3.8) is 0 Å². The van der Waals surface area contributed by atoms with Gasteiger partial charge in [0.25, 0.3) is 0 Å². The zero-order chi connectivity index (χ0) is 11.8. The average molecular weight is 219 g/mol. The molecule has 16 heavy (non-hydrogen) atoms. The van der Waals surface area contributed by atoms with E-state index in [1.165, 1.54) is 0 Å². The van der Waals surface area contributed by atoms with Crippen LogP contribution in [0.2, 0.25) is 0 Å². The highest BCUT2D eigenvalue weighted by atomic mass is 16.3. The predicted octanol–water partition coefficient (Wildman–Crippen LogP) is 2.28. The summed E-state index contributed by atoms with van der Waals surface area (Å²) in [6, 6.07) is 10.1. The van der Waals surface area contributed by atoms with Gasteiger partial charge in [0.2, 0.25) is 0 Å². The molecule has 0 aromatic heterocycles. The molecular weight excluding hydrogens is 198 g/mol. The Morgan fingerprint density at radius 3 is 2.44 bits per heavy atom. The topological polar surface area (TPSA) is 32.3 Å². The van der Waals surface area contributed by atoms with Gasteiger partial charge >= 0.3 is 0 Å². The van der Waals surface area contributed by atoms with Crippen LogP contribution in [0.25, 0.3) is 0 Å². The highest BCUT2D eigenvalue weighted by Gasteiger charge is 2.41. The number of aliphatic hydroxyl groups is 1. The van der Waals surface area contributed by atoms with Crippen molar-refractivity contribution in [3.8, 4) is 0 Å². The van der Waals surface area contributed by atoms with Crippen molar-refractivity contribution in [1.29, 1.82) is 0 Å². The summed E-state index contributed by atoms with van der Waals surface area (Å²) in [6.45, 7) is 7.35. The van der Waals surface area contributed by atoms with Gasteiger partial charge in [-0.05, 0) is 24.3 Å². The van der Waals surface area contributed by atoms with Gasteiger partial charge in [0, 0.05) is 12.6 Å². The third kappa shape index (κ3) is 2.13. The fourth-order valence-electron chi connectivity index (χ4n) is 2.47. The molecule has 2 rings (SSSR count). The van der Waals surface area contributed by atoms with Gasteiger partial charge in [0.05, 0.1) is 0 Å². The minimum atomic E-state index is -0.783. The number of hydrogen-bond donors (Lipinski definition) is 2. The molecule has 1 aromatic rings. The molecule has 0 unspecified atom stereocenters. The van der Waals surface area contributed by atoms with Crippen LogP contribution in [-0.4, -0.2) is 17.7 Å². The van der Waals surface area contributed by atoms with Gasteiger partial charge in [0.15, 0.2) is 0 Å². The van der Waals surface area contributed by atoms with Crippen molar-refractivity contribution in [2.75, 3.05) is 6.54 Å². The lowest BCUT2D eigenvalue weighted by atomic mass is 9.82. The molecule has 1 fully saturated rings. The van der Waals surface area contributed by atoms with Crippen LogP contribution in [0.4, 0.5) is 0 Å². The Bertz CT molecular complexity index is 356. The van der Waals surface area contributed by atoms with Gasteiger partial charge in [-0.3, -0.25) is 0 Å². The molecule has 0 aliphatic carbocycles. The van der Waals surface area contributed by atoms with Gasteiger partial charge in [-0.25, -0.2) is 0 Å². The zero-order valence-electron chi connectivity index (χ0n) is 10.3. The van der Waals surface area contributed by atoms with Gasteiger partial charge in [-0.2, -0.15) is 0 Å². The third-order valence-corrected chi connectivity index (χ3v) is 3.62. The maximum atomic E-state index is 10.7. The van der Waals surface area contributed by atoms with E-state index in [0.29, 0.717) is 0 Å². The second-order valence-corrected chi connectivity index (χ2v) is 5.82. The molecule has 1 aliphatic heterocycles. The summed E-state index contributed by atoms with van der Waals surface area (Å²) in [6.07, 6.45) is 1.01. The average Bonchev–Trinajstić information content (AvgIpc) is 2.61. The van der Waals surface area contributed by atoms with Crippen molar-refractivity contribution in [2.24, 2.45) is 5.41 Å². The molecule has 0 bridgehead atoms. The minimum Gasteiger partial charge on any atom is -0.384 e. The Labute approximate surface area is 97.7 Å². The van der Waals surface area contributed by atoms with Crippen molar-refractivity contribution in [3.05, 3.63) is 35.9 Å². The van der Waals surface area contributed by atoms with Crippen LogP contribution < -0.4 is 5.32 Å². The molecule has 0 radical (unpaired) electrons. The molecule has 0 amide bonds. The largest absolute Gasteiger partial charge is 0.384 e. The molecule has 1 saturated heterocycles. The molecular formula is C14H21NO. The van der Waals surface area contributed by atoms with Gasteiger partial charge in [0.1, 0.15) is 5.60 Å². The lowest BCUT2D eigenvalue weighted by molar-refractivity contribution is 0.0190. The van der Waals surface area contributed by atoms with Crippen LogP contribution in [0.15, 0.2) is 30.3 Å². The molecule has 88 valence electrons. The van der Waals surface area contributed by atoms with Crippen LogP contribution in [-0.2, 0) is 5.60 Å². The Kier molecular flexibility index (Phi) is 2.81. The molecule has 1 heterocycles. The maximum absolute atomic E-state index is 10.7. The second kappa shape index (κ2) is 3.86. The highest BCUT2D eigenvalue weighted by molar-refractivity contribution is 5.24. The summed E-state index contributed by atoms with van der Waals surface area (Å²) >= 11 is 0. The van der Waals surface area contributed by atoms with Crippen LogP contribution >= 0.6 is 0 Å². The van der Waals surface area contributed by atoms with Crippen LogP contribution in [0, 0.1) is 5.41 Å². The number of rotatable bonds is 2. The third-order valence-electron chi connectivity index (χ3n) is 3.62. The molecule has 2 nitrogen and oxygen atoms in total. The summed E-state index contributed by atoms with van der Waals surface area (Å²) in [5, 5.41) is 14.1. The van der Waals surface area contributed by atoms with E-state index in [2.05, 4.69) is 19.2 Å². The summed E-state index contributed by atoms with van der Waals surface area (Å²) < 4.78 is 0. The summed E-state index contributed by atoms with van der Waals surface area (Å²) in [5.74, 6) is 0. The first-order valence-electron chi connectivity index (χ1n) is 5.93. The Balaban J connectivity index is 2.21. The minimum absolute atomic E-state index is 0.143. The zero-order valence-corrected chi connectivity index (χ0v) is 10.3. The lowest BCUT2D eigenvalue weighted by Crippen LogP contribution is -2.42. The number of hydrogen-bond acceptors (Lipinski definition) is 2. The molecule has 2 heteroatoms. The molecule has 2 N–H and O–H groups in total. The lowest BCUT2D eigenvalue weighted by Gasteiger charge is -2.31. The number of benzene rings is 1. The summed E-state index contributed by atoms with van der Waals surface area (Å²) in [7, 11) is 0. The summed E-state index contributed by atoms with van der Waals surface area (Å²) in [5.41, 5.74) is 0.489. The van der Waals surface area contributed by atoms with Gasteiger partial charge < -0.3 is 10.4 Å². The van der Waals surface area contributed by atoms with Crippen molar-refractivity contribution >= 4 is 0 Å². The SMILES string of the molecule is CC1(C)CN[C@H]([C@](C)(O)c2ccccc2)C1. The van der Waals surface area contributed by atoms with E-state index >= 15 is 0 Å². The van der Waals surface area contributed by atoms with Crippen molar-refractivity contribution < 1.29 is 5.11 Å². The van der Waals surface area contributed by atoms with E-state index in [9.17, 15) is 5.11 Å². The first kappa shape index (κ1) is 11.6. The smallest absolute Gasteiger partial charge is 0.102 e. The first-order valence-corrected chi connectivity index (χ1v) is 5.93. The van der Waals surface area contributed by atoms with Crippen LogP contribution in [0.1, 0.15) is 32.8 Å². The molecule has 2 atom stereocenters. The molecule has 1 aromatic carbocycles. The van der Waals surface area contributed by atoms with Crippen molar-refractivity contribution in [1.82, 2.24) is 5.32 Å². The normalized spacial score (nSPS) is 27.6. The highest BCUT2D eigenvalue weighted by Crippen LogP contribution is 2.36. The first-order chi connectivity index (χ1) is 7.42. The van der Waals surface area contributed by atoms with E-state index in [1.54, 1.807) is 0 Å². The fourth-order valence-corrected chi connectivity index (χ4v) is 2.47. The maximum Gasteiger partial charge on any atom is 0.102 e. The van der Waals surface area contributed by atoms with Crippen molar-refractivity contribution in [2.45, 2.75) is 38.8 Å². The van der Waals surface area contributed by atoms with Crippen LogP contribution in [0.3, 0.4) is 0 Å². The van der Waals surface area contributed by atoms with Crippen LogP contribution in [0.5, 0.6) is 0 Å². The van der Waals surface area contributed by atoms with E-state index in [0.717, 1.165) is 18.5 Å². The fraction of sp³-hybridized carbons (Fsp3) is 0.571. The van der Waals surface area contributed by atoms with E-state index in [4.69, 9.17) is 0 Å². The monoisotopic (exact) mass is 219 g/mol. The van der Waals surface area contributed by atoms with Gasteiger partial charge in [-0.15, -0.1) is 0 Å². The van der Waals surface area contributed by atoms with E-state index in [1.807, 2.05) is 37.3 Å². The molecule has 0 spiro atoms. The summed E-state index contributed by atoms with van der Waals surface area (Å²) in [4.78, 5) is 0. The van der Waals surface area contributed by atoms with E-state index < -0.39 is 5.60 Å².